The molecule has 0 bridgehead atoms. The van der Waals surface area contributed by atoms with Crippen LogP contribution in [-0.2, 0) is 9.53 Å². The van der Waals surface area contributed by atoms with E-state index in [2.05, 4.69) is 9.88 Å². The first kappa shape index (κ1) is 15.8. The van der Waals surface area contributed by atoms with Gasteiger partial charge in [0.1, 0.15) is 11.8 Å². The molecule has 0 N–H and O–H groups in total. The highest BCUT2D eigenvalue weighted by molar-refractivity contribution is 5.79. The highest BCUT2D eigenvalue weighted by Gasteiger charge is 2.33. The largest absolute Gasteiger partial charge is 0.378 e. The fourth-order valence-corrected chi connectivity index (χ4v) is 3.31. The predicted octanol–water partition coefficient (Wildman–Crippen LogP) is 1.42. The van der Waals surface area contributed by atoms with E-state index in [0.29, 0.717) is 5.69 Å². The molecule has 0 spiro atoms. The molecule has 122 valence electrons. The van der Waals surface area contributed by atoms with Crippen molar-refractivity contribution in [1.82, 2.24) is 9.88 Å². The second-order valence-electron chi connectivity index (χ2n) is 6.15. The number of carbonyl (C=O) groups is 1. The average Bonchev–Trinajstić information content (AvgIpc) is 2.62. The number of ether oxygens (including phenoxy) is 1. The lowest BCUT2D eigenvalue weighted by Crippen LogP contribution is -2.52. The van der Waals surface area contributed by atoms with Crippen LogP contribution in [0.5, 0.6) is 0 Å². The minimum Gasteiger partial charge on any atom is -0.378 e. The van der Waals surface area contributed by atoms with Crippen LogP contribution in [0.1, 0.15) is 25.5 Å². The van der Waals surface area contributed by atoms with Crippen molar-refractivity contribution >= 4 is 11.6 Å². The molecule has 2 saturated heterocycles. The average molecular weight is 314 g/mol. The first-order valence-corrected chi connectivity index (χ1v) is 8.20. The van der Waals surface area contributed by atoms with Crippen LogP contribution < -0.4 is 4.90 Å². The van der Waals surface area contributed by atoms with Gasteiger partial charge < -0.3 is 14.5 Å². The normalized spacial score (nSPS) is 25.0. The van der Waals surface area contributed by atoms with Crippen LogP contribution in [-0.4, -0.2) is 54.7 Å². The molecule has 1 amide bonds. The molecule has 1 aromatic rings. The Morgan fingerprint density at radius 3 is 2.74 bits per heavy atom. The van der Waals surface area contributed by atoms with Gasteiger partial charge >= 0.3 is 0 Å². The number of nitriles is 1. The van der Waals surface area contributed by atoms with E-state index in [1.165, 1.54) is 0 Å². The standard InChI is InChI=1S/C17H22N4O2/c1-13-16(3-2-10-23-13)17(22)21-8-6-20(7-9-21)15-5-4-14(11-18)19-12-15/h4-5,12-13,16H,2-3,6-10H2,1H3. The summed E-state index contributed by atoms with van der Waals surface area (Å²) in [5.41, 5.74) is 1.43. The number of hydrogen-bond donors (Lipinski definition) is 0. The Morgan fingerprint density at radius 2 is 2.13 bits per heavy atom. The van der Waals surface area contributed by atoms with Crippen LogP contribution in [0.15, 0.2) is 18.3 Å². The maximum absolute atomic E-state index is 12.7. The molecule has 6 heteroatoms. The second kappa shape index (κ2) is 6.97. The summed E-state index contributed by atoms with van der Waals surface area (Å²) >= 11 is 0. The van der Waals surface area contributed by atoms with Crippen LogP contribution in [0.4, 0.5) is 5.69 Å². The van der Waals surface area contributed by atoms with E-state index in [4.69, 9.17) is 10.00 Å². The van der Waals surface area contributed by atoms with Crippen molar-refractivity contribution in [3.8, 4) is 6.07 Å². The van der Waals surface area contributed by atoms with Crippen LogP contribution in [0.3, 0.4) is 0 Å². The summed E-state index contributed by atoms with van der Waals surface area (Å²) in [6.07, 6.45) is 3.65. The summed E-state index contributed by atoms with van der Waals surface area (Å²) < 4.78 is 5.62. The molecule has 1 aromatic heterocycles. The Kier molecular flexibility index (Phi) is 4.77. The Bertz CT molecular complexity index is 588. The van der Waals surface area contributed by atoms with Crippen molar-refractivity contribution in [2.45, 2.75) is 25.9 Å². The van der Waals surface area contributed by atoms with Gasteiger partial charge in [-0.05, 0) is 31.9 Å². The predicted molar refractivity (Wildman–Crippen MR) is 85.9 cm³/mol. The number of pyridine rings is 1. The number of carbonyl (C=O) groups excluding carboxylic acids is 1. The summed E-state index contributed by atoms with van der Waals surface area (Å²) in [6.45, 7) is 5.80. The van der Waals surface area contributed by atoms with Gasteiger partial charge in [-0.15, -0.1) is 0 Å². The third kappa shape index (κ3) is 3.45. The Hall–Kier alpha value is -2.13. The topological polar surface area (TPSA) is 69.5 Å². The van der Waals surface area contributed by atoms with Crippen molar-refractivity contribution in [2.24, 2.45) is 5.92 Å². The summed E-state index contributed by atoms with van der Waals surface area (Å²) in [7, 11) is 0. The molecule has 2 aliphatic heterocycles. The number of nitrogens with zero attached hydrogens (tertiary/aromatic N) is 4. The molecular weight excluding hydrogens is 292 g/mol. The second-order valence-corrected chi connectivity index (χ2v) is 6.15. The van der Waals surface area contributed by atoms with Crippen molar-refractivity contribution in [1.29, 1.82) is 5.26 Å². The van der Waals surface area contributed by atoms with Gasteiger partial charge in [0.15, 0.2) is 0 Å². The summed E-state index contributed by atoms with van der Waals surface area (Å²) in [5.74, 6) is 0.238. The van der Waals surface area contributed by atoms with E-state index in [1.54, 1.807) is 12.3 Å². The lowest BCUT2D eigenvalue weighted by Gasteiger charge is -2.39. The zero-order valence-corrected chi connectivity index (χ0v) is 13.4. The summed E-state index contributed by atoms with van der Waals surface area (Å²) in [4.78, 5) is 20.9. The number of aromatic nitrogens is 1. The van der Waals surface area contributed by atoms with Gasteiger partial charge in [0.25, 0.3) is 0 Å². The Morgan fingerprint density at radius 1 is 1.35 bits per heavy atom. The monoisotopic (exact) mass is 314 g/mol. The molecule has 0 aliphatic carbocycles. The fraction of sp³-hybridized carbons (Fsp3) is 0.588. The fourth-order valence-electron chi connectivity index (χ4n) is 3.31. The molecule has 2 fully saturated rings. The zero-order valence-electron chi connectivity index (χ0n) is 13.4. The lowest BCUT2D eigenvalue weighted by molar-refractivity contribution is -0.144. The quantitative estimate of drug-likeness (QED) is 0.825. The van der Waals surface area contributed by atoms with Crippen LogP contribution in [0.25, 0.3) is 0 Å². The summed E-state index contributed by atoms with van der Waals surface area (Å²) in [5, 5.41) is 8.80. The Labute approximate surface area is 136 Å². The molecule has 0 saturated carbocycles. The molecule has 0 radical (unpaired) electrons. The van der Waals surface area contributed by atoms with E-state index in [9.17, 15) is 4.79 Å². The van der Waals surface area contributed by atoms with Crippen LogP contribution in [0, 0.1) is 17.2 Å². The molecule has 3 heterocycles. The van der Waals surface area contributed by atoms with E-state index in [1.807, 2.05) is 24.0 Å². The highest BCUT2D eigenvalue weighted by Crippen LogP contribution is 2.24. The maximum Gasteiger partial charge on any atom is 0.228 e. The van der Waals surface area contributed by atoms with E-state index < -0.39 is 0 Å². The molecule has 3 rings (SSSR count). The van der Waals surface area contributed by atoms with Crippen LogP contribution >= 0.6 is 0 Å². The Balaban J connectivity index is 1.57. The number of rotatable bonds is 2. The summed E-state index contributed by atoms with van der Waals surface area (Å²) in [6, 6.07) is 5.67. The van der Waals surface area contributed by atoms with Gasteiger partial charge in [0.05, 0.1) is 23.9 Å². The third-order valence-corrected chi connectivity index (χ3v) is 4.74. The van der Waals surface area contributed by atoms with E-state index in [0.717, 1.165) is 51.3 Å². The van der Waals surface area contributed by atoms with Crippen molar-refractivity contribution in [2.75, 3.05) is 37.7 Å². The van der Waals surface area contributed by atoms with Gasteiger partial charge in [0, 0.05) is 32.8 Å². The van der Waals surface area contributed by atoms with Gasteiger partial charge in [-0.3, -0.25) is 4.79 Å². The number of anilines is 1. The zero-order chi connectivity index (χ0) is 16.2. The SMILES string of the molecule is CC1OCCCC1C(=O)N1CCN(c2ccc(C#N)nc2)CC1. The molecular formula is C17H22N4O2. The van der Waals surface area contributed by atoms with Gasteiger partial charge in [-0.2, -0.15) is 5.26 Å². The minimum atomic E-state index is 0.00637. The highest BCUT2D eigenvalue weighted by atomic mass is 16.5. The maximum atomic E-state index is 12.7. The first-order valence-electron chi connectivity index (χ1n) is 8.20. The van der Waals surface area contributed by atoms with E-state index in [-0.39, 0.29) is 17.9 Å². The van der Waals surface area contributed by atoms with Gasteiger partial charge in [0.2, 0.25) is 5.91 Å². The third-order valence-electron chi connectivity index (χ3n) is 4.74. The first-order chi connectivity index (χ1) is 11.2. The van der Waals surface area contributed by atoms with Crippen molar-refractivity contribution < 1.29 is 9.53 Å². The van der Waals surface area contributed by atoms with Crippen LogP contribution in [0.2, 0.25) is 0 Å². The number of piperazine rings is 1. The number of hydrogen-bond acceptors (Lipinski definition) is 5. The number of amides is 1. The minimum absolute atomic E-state index is 0.00637. The molecule has 2 aliphatic rings. The van der Waals surface area contributed by atoms with Gasteiger partial charge in [-0.25, -0.2) is 4.98 Å². The van der Waals surface area contributed by atoms with Gasteiger partial charge in [-0.1, -0.05) is 0 Å². The molecule has 23 heavy (non-hydrogen) atoms. The molecule has 2 unspecified atom stereocenters. The smallest absolute Gasteiger partial charge is 0.228 e. The van der Waals surface area contributed by atoms with E-state index >= 15 is 0 Å². The molecule has 0 aromatic carbocycles. The van der Waals surface area contributed by atoms with Crippen molar-refractivity contribution in [3.05, 3.63) is 24.0 Å². The molecule has 2 atom stereocenters. The lowest BCUT2D eigenvalue weighted by atomic mass is 9.93. The van der Waals surface area contributed by atoms with Crippen molar-refractivity contribution in [3.63, 3.8) is 0 Å². The molecule has 6 nitrogen and oxygen atoms in total.